The molecule has 0 N–H and O–H groups in total. The Bertz CT molecular complexity index is 1010. The molecule has 0 spiro atoms. The number of esters is 1. The number of rotatable bonds is 7. The van der Waals surface area contributed by atoms with E-state index in [0.29, 0.717) is 17.9 Å². The predicted octanol–water partition coefficient (Wildman–Crippen LogP) is 4.89. The Morgan fingerprint density at radius 1 is 1.03 bits per heavy atom. The summed E-state index contributed by atoms with van der Waals surface area (Å²) in [5, 5.41) is 8.42. The number of hydrogen-bond acceptors (Lipinski definition) is 7. The average molecular weight is 485 g/mol. The molecule has 1 aromatic heterocycles. The number of aromatic nitrogens is 3. The highest BCUT2D eigenvalue weighted by molar-refractivity contribution is 5.90. The van der Waals surface area contributed by atoms with Gasteiger partial charge in [0.2, 0.25) is 0 Å². The van der Waals surface area contributed by atoms with E-state index >= 15 is 0 Å². The van der Waals surface area contributed by atoms with Gasteiger partial charge in [0, 0.05) is 19.7 Å². The van der Waals surface area contributed by atoms with E-state index in [9.17, 15) is 9.59 Å². The molecule has 2 aliphatic rings. The Kier molecular flexibility index (Phi) is 7.93. The lowest BCUT2D eigenvalue weighted by Crippen LogP contribution is -2.32. The summed E-state index contributed by atoms with van der Waals surface area (Å²) in [6.45, 7) is 3.74. The summed E-state index contributed by atoms with van der Waals surface area (Å²) >= 11 is 0. The number of ether oxygens (including phenoxy) is 3. The minimum atomic E-state index is -0.397. The first-order valence-corrected chi connectivity index (χ1v) is 12.6. The van der Waals surface area contributed by atoms with Gasteiger partial charge in [0.25, 0.3) is 0 Å². The van der Waals surface area contributed by atoms with Crippen LogP contribution in [0.5, 0.6) is 5.75 Å². The van der Waals surface area contributed by atoms with Crippen molar-refractivity contribution in [3.05, 3.63) is 24.3 Å². The van der Waals surface area contributed by atoms with Crippen LogP contribution >= 0.6 is 0 Å². The van der Waals surface area contributed by atoms with Gasteiger partial charge in [-0.15, -0.1) is 5.10 Å². The first-order valence-electron chi connectivity index (χ1n) is 12.6. The fourth-order valence-corrected chi connectivity index (χ4v) is 4.91. The molecule has 2 fully saturated rings. The van der Waals surface area contributed by atoms with Gasteiger partial charge in [-0.05, 0) is 89.5 Å². The molecule has 0 aliphatic heterocycles. The van der Waals surface area contributed by atoms with Crippen LogP contribution in [0.3, 0.4) is 0 Å². The zero-order valence-electron chi connectivity index (χ0n) is 21.1. The average Bonchev–Trinajstić information content (AvgIpc) is 3.48. The van der Waals surface area contributed by atoms with E-state index in [1.165, 1.54) is 4.90 Å². The Morgan fingerprint density at radius 2 is 1.71 bits per heavy atom. The molecular formula is C26H36N4O5. The molecule has 1 heterocycles. The predicted molar refractivity (Wildman–Crippen MR) is 131 cm³/mol. The number of amides is 1. The van der Waals surface area contributed by atoms with E-state index in [0.717, 1.165) is 56.3 Å². The third kappa shape index (κ3) is 6.13. The lowest BCUT2D eigenvalue weighted by atomic mass is 9.87. The molecule has 190 valence electrons. The minimum absolute atomic E-state index is 0.0161. The van der Waals surface area contributed by atoms with Crippen LogP contribution in [0, 0.1) is 5.92 Å². The lowest BCUT2D eigenvalue weighted by molar-refractivity contribution is -0.154. The van der Waals surface area contributed by atoms with Gasteiger partial charge in [-0.2, -0.15) is 0 Å². The molecule has 35 heavy (non-hydrogen) atoms. The summed E-state index contributed by atoms with van der Waals surface area (Å²) in [4.78, 5) is 26.5. The molecule has 2 saturated carbocycles. The first kappa shape index (κ1) is 25.0. The maximum absolute atomic E-state index is 12.7. The number of benzene rings is 1. The van der Waals surface area contributed by atoms with Crippen LogP contribution in [0.1, 0.15) is 65.2 Å². The van der Waals surface area contributed by atoms with E-state index in [4.69, 9.17) is 14.2 Å². The van der Waals surface area contributed by atoms with Gasteiger partial charge < -0.3 is 14.2 Å². The Balaban J connectivity index is 1.41. The van der Waals surface area contributed by atoms with Gasteiger partial charge in [-0.3, -0.25) is 9.69 Å². The van der Waals surface area contributed by atoms with Crippen molar-refractivity contribution >= 4 is 17.9 Å². The molecule has 0 bridgehead atoms. The van der Waals surface area contributed by atoms with E-state index in [1.54, 1.807) is 18.8 Å². The summed E-state index contributed by atoms with van der Waals surface area (Å²) in [5.41, 5.74) is 1.42. The number of carbonyl (C=O) groups excluding carboxylic acids is 2. The molecule has 1 amide bonds. The summed E-state index contributed by atoms with van der Waals surface area (Å²) in [5.74, 6) is 1.06. The van der Waals surface area contributed by atoms with Gasteiger partial charge in [0.1, 0.15) is 17.5 Å². The summed E-state index contributed by atoms with van der Waals surface area (Å²) < 4.78 is 18.8. The van der Waals surface area contributed by atoms with Crippen molar-refractivity contribution in [2.75, 3.05) is 11.9 Å². The zero-order chi connectivity index (χ0) is 24.9. The SMILES string of the molecule is CC(C)OC(=O)[C@H]1CCC[C@H](Oc2ccc(-c3nnn(C)c3N(C)C(=O)OC3CCCC3)cc2)C1. The van der Waals surface area contributed by atoms with Crippen LogP contribution < -0.4 is 9.64 Å². The van der Waals surface area contributed by atoms with E-state index in [-0.39, 0.29) is 30.2 Å². The molecule has 0 saturated heterocycles. The van der Waals surface area contributed by atoms with Crippen LogP contribution in [-0.4, -0.2) is 52.4 Å². The van der Waals surface area contributed by atoms with E-state index in [2.05, 4.69) is 10.3 Å². The summed E-state index contributed by atoms with van der Waals surface area (Å²) in [7, 11) is 3.44. The van der Waals surface area contributed by atoms with Crippen LogP contribution in [0.4, 0.5) is 10.6 Å². The van der Waals surface area contributed by atoms with E-state index < -0.39 is 6.09 Å². The van der Waals surface area contributed by atoms with Crippen molar-refractivity contribution in [3.8, 4) is 17.0 Å². The van der Waals surface area contributed by atoms with Gasteiger partial charge in [-0.1, -0.05) is 5.21 Å². The standard InChI is InChI=1S/C26H36N4O5/c1-17(2)33-25(31)19-8-7-11-22(16-19)34-21-14-12-18(13-15-21)23-24(30(4)28-27-23)29(3)26(32)35-20-9-5-6-10-20/h12-15,17,19-20,22H,5-11,16H2,1-4H3/t19-,22-/m0/s1. The molecule has 4 rings (SSSR count). The fraction of sp³-hybridized carbons (Fsp3) is 0.615. The van der Waals surface area contributed by atoms with Gasteiger partial charge in [-0.25, -0.2) is 9.48 Å². The van der Waals surface area contributed by atoms with Crippen LogP contribution in [0.15, 0.2) is 24.3 Å². The van der Waals surface area contributed by atoms with E-state index in [1.807, 2.05) is 38.1 Å². The topological polar surface area (TPSA) is 95.8 Å². The Labute approximate surface area is 206 Å². The Morgan fingerprint density at radius 3 is 2.40 bits per heavy atom. The van der Waals surface area contributed by atoms with Crippen LogP contribution in [0.25, 0.3) is 11.3 Å². The quantitative estimate of drug-likeness (QED) is 0.517. The second-order valence-electron chi connectivity index (χ2n) is 9.85. The second-order valence-corrected chi connectivity index (χ2v) is 9.85. The molecule has 0 unspecified atom stereocenters. The van der Waals surface area contributed by atoms with Gasteiger partial charge in [0.05, 0.1) is 18.1 Å². The van der Waals surface area contributed by atoms with Crippen LogP contribution in [-0.2, 0) is 21.3 Å². The number of nitrogens with zero attached hydrogens (tertiary/aromatic N) is 4. The molecule has 2 aliphatic carbocycles. The first-order chi connectivity index (χ1) is 16.8. The highest BCUT2D eigenvalue weighted by Crippen LogP contribution is 2.32. The molecule has 2 aromatic rings. The molecule has 2 atom stereocenters. The molecular weight excluding hydrogens is 448 g/mol. The number of aryl methyl sites for hydroxylation is 1. The zero-order valence-corrected chi connectivity index (χ0v) is 21.1. The smallest absolute Gasteiger partial charge is 0.415 e. The molecule has 0 radical (unpaired) electrons. The third-order valence-corrected chi connectivity index (χ3v) is 6.70. The third-order valence-electron chi connectivity index (χ3n) is 6.70. The lowest BCUT2D eigenvalue weighted by Gasteiger charge is -2.29. The number of carbonyl (C=O) groups is 2. The highest BCUT2D eigenvalue weighted by atomic mass is 16.6. The van der Waals surface area contributed by atoms with Gasteiger partial charge in [0.15, 0.2) is 5.82 Å². The molecule has 9 heteroatoms. The molecule has 1 aromatic carbocycles. The largest absolute Gasteiger partial charge is 0.490 e. The minimum Gasteiger partial charge on any atom is -0.490 e. The van der Waals surface area contributed by atoms with Crippen molar-refractivity contribution in [1.82, 2.24) is 15.0 Å². The van der Waals surface area contributed by atoms with Crippen molar-refractivity contribution in [2.24, 2.45) is 13.0 Å². The van der Waals surface area contributed by atoms with Crippen molar-refractivity contribution in [3.63, 3.8) is 0 Å². The maximum atomic E-state index is 12.7. The van der Waals surface area contributed by atoms with Crippen molar-refractivity contribution < 1.29 is 23.8 Å². The highest BCUT2D eigenvalue weighted by Gasteiger charge is 2.30. The number of anilines is 1. The second kappa shape index (κ2) is 11.1. The number of hydrogen-bond donors (Lipinski definition) is 0. The van der Waals surface area contributed by atoms with Gasteiger partial charge >= 0.3 is 12.1 Å². The monoisotopic (exact) mass is 484 g/mol. The fourth-order valence-electron chi connectivity index (χ4n) is 4.91. The van der Waals surface area contributed by atoms with Crippen LogP contribution in [0.2, 0.25) is 0 Å². The summed E-state index contributed by atoms with van der Waals surface area (Å²) in [6, 6.07) is 7.60. The Hall–Kier alpha value is -3.10. The molecule has 9 nitrogen and oxygen atoms in total. The summed E-state index contributed by atoms with van der Waals surface area (Å²) in [6.07, 6.45) is 6.83. The van der Waals surface area contributed by atoms with Crippen molar-refractivity contribution in [1.29, 1.82) is 0 Å². The van der Waals surface area contributed by atoms with Crippen molar-refractivity contribution in [2.45, 2.75) is 83.5 Å². The normalized spacial score (nSPS) is 20.6. The maximum Gasteiger partial charge on any atom is 0.415 e.